The summed E-state index contributed by atoms with van der Waals surface area (Å²) in [5, 5.41) is 0. The number of rotatable bonds is 19. The quantitative estimate of drug-likeness (QED) is 0.137. The summed E-state index contributed by atoms with van der Waals surface area (Å²) in [6.45, 7) is 4.37. The van der Waals surface area contributed by atoms with Crippen molar-refractivity contribution in [3.63, 3.8) is 0 Å². The highest BCUT2D eigenvalue weighted by Crippen LogP contribution is 2.20. The van der Waals surface area contributed by atoms with Gasteiger partial charge >= 0.3 is 0 Å². The lowest BCUT2D eigenvalue weighted by molar-refractivity contribution is -0.166. The van der Waals surface area contributed by atoms with Crippen LogP contribution in [0.3, 0.4) is 0 Å². The summed E-state index contributed by atoms with van der Waals surface area (Å²) in [7, 11) is 0. The van der Waals surface area contributed by atoms with Crippen molar-refractivity contribution >= 4 is 6.29 Å². The summed E-state index contributed by atoms with van der Waals surface area (Å²) < 4.78 is 25.2. The first kappa shape index (κ1) is 28.7. The second kappa shape index (κ2) is 17.6. The van der Waals surface area contributed by atoms with Crippen molar-refractivity contribution < 1.29 is 23.7 Å². The van der Waals surface area contributed by atoms with Crippen LogP contribution in [0.5, 0.6) is 0 Å². The molecule has 0 amide bonds. The van der Waals surface area contributed by atoms with Crippen LogP contribution in [-0.2, 0) is 43.6 Å². The number of hydrogen-bond donors (Lipinski definition) is 0. The summed E-state index contributed by atoms with van der Waals surface area (Å²) in [4.78, 5) is 11.7. The molecule has 0 spiro atoms. The van der Waals surface area contributed by atoms with Gasteiger partial charge in [0.25, 0.3) is 0 Å². The fourth-order valence-electron chi connectivity index (χ4n) is 4.08. The average Bonchev–Trinajstić information content (AvgIpc) is 2.95. The van der Waals surface area contributed by atoms with E-state index in [2.05, 4.69) is 6.92 Å². The zero-order chi connectivity index (χ0) is 26.0. The molecule has 37 heavy (non-hydrogen) atoms. The molecule has 0 saturated heterocycles. The Kier molecular flexibility index (Phi) is 13.7. The first-order valence-corrected chi connectivity index (χ1v) is 13.3. The van der Waals surface area contributed by atoms with Gasteiger partial charge in [-0.25, -0.2) is 0 Å². The largest absolute Gasteiger partial charge is 0.374 e. The number of hydrogen-bond acceptors (Lipinski definition) is 5. The van der Waals surface area contributed by atoms with Crippen LogP contribution in [-0.4, -0.2) is 37.8 Å². The van der Waals surface area contributed by atoms with Crippen LogP contribution < -0.4 is 0 Å². The van der Waals surface area contributed by atoms with Gasteiger partial charge in [0, 0.05) is 13.0 Å². The van der Waals surface area contributed by atoms with Gasteiger partial charge in [0.15, 0.2) is 0 Å². The molecule has 3 rings (SSSR count). The summed E-state index contributed by atoms with van der Waals surface area (Å²) in [5.74, 6) is 0. The highest BCUT2D eigenvalue weighted by molar-refractivity contribution is 5.50. The number of unbranched alkanes of at least 4 members (excludes halogenated alkanes) is 2. The minimum Gasteiger partial charge on any atom is -0.374 e. The Balaban J connectivity index is 1.76. The van der Waals surface area contributed by atoms with Gasteiger partial charge in [-0.05, 0) is 23.1 Å². The average molecular weight is 505 g/mol. The van der Waals surface area contributed by atoms with E-state index < -0.39 is 12.2 Å². The molecule has 0 bridgehead atoms. The van der Waals surface area contributed by atoms with Crippen molar-refractivity contribution in [3.8, 4) is 0 Å². The Morgan fingerprint density at radius 3 is 1.73 bits per heavy atom. The van der Waals surface area contributed by atoms with Gasteiger partial charge in [-0.2, -0.15) is 0 Å². The molecular weight excluding hydrogens is 464 g/mol. The zero-order valence-corrected chi connectivity index (χ0v) is 21.9. The molecule has 198 valence electrons. The summed E-state index contributed by atoms with van der Waals surface area (Å²) in [6.07, 6.45) is 2.93. The van der Waals surface area contributed by atoms with E-state index in [-0.39, 0.29) is 12.5 Å². The van der Waals surface area contributed by atoms with Gasteiger partial charge < -0.3 is 23.7 Å². The Morgan fingerprint density at radius 1 is 0.649 bits per heavy atom. The molecule has 0 radical (unpaired) electrons. The van der Waals surface area contributed by atoms with Gasteiger partial charge in [0.1, 0.15) is 18.5 Å². The lowest BCUT2D eigenvalue weighted by atomic mass is 10.0. The molecule has 0 fully saturated rings. The molecule has 0 unspecified atom stereocenters. The van der Waals surface area contributed by atoms with Crippen molar-refractivity contribution in [2.45, 2.75) is 70.7 Å². The SMILES string of the molecule is CCCCCO[C@H](COCc1ccccc1)[C@@H](OCc1ccccc1)[C@@H](CC=O)OCc1ccccc1. The van der Waals surface area contributed by atoms with Gasteiger partial charge in [-0.3, -0.25) is 0 Å². The van der Waals surface area contributed by atoms with E-state index in [1.165, 1.54) is 0 Å². The van der Waals surface area contributed by atoms with E-state index in [9.17, 15) is 4.79 Å². The van der Waals surface area contributed by atoms with E-state index in [4.69, 9.17) is 18.9 Å². The van der Waals surface area contributed by atoms with Crippen LogP contribution in [0, 0.1) is 0 Å². The molecule has 0 aliphatic heterocycles. The second-order valence-electron chi connectivity index (χ2n) is 9.12. The van der Waals surface area contributed by atoms with Crippen LogP contribution in [0.1, 0.15) is 49.3 Å². The molecule has 0 saturated carbocycles. The summed E-state index contributed by atoms with van der Waals surface area (Å²) in [6, 6.07) is 30.1. The molecule has 3 atom stereocenters. The molecule has 3 aromatic rings. The minimum atomic E-state index is -0.480. The normalized spacial score (nSPS) is 13.6. The maximum absolute atomic E-state index is 11.7. The highest BCUT2D eigenvalue weighted by Gasteiger charge is 2.32. The predicted molar refractivity (Wildman–Crippen MR) is 146 cm³/mol. The molecule has 0 aromatic heterocycles. The van der Waals surface area contributed by atoms with E-state index in [1.807, 2.05) is 91.0 Å². The summed E-state index contributed by atoms with van der Waals surface area (Å²) >= 11 is 0. The molecular formula is C32H40O5. The van der Waals surface area contributed by atoms with Crippen molar-refractivity contribution in [2.24, 2.45) is 0 Å². The number of aldehydes is 1. The number of benzene rings is 3. The first-order chi connectivity index (χ1) is 18.3. The van der Waals surface area contributed by atoms with Gasteiger partial charge in [0.05, 0.1) is 32.5 Å². The number of ether oxygens (including phenoxy) is 4. The topological polar surface area (TPSA) is 54.0 Å². The molecule has 0 aliphatic rings. The Hall–Kier alpha value is -2.83. The smallest absolute Gasteiger partial charge is 0.122 e. The fourth-order valence-corrected chi connectivity index (χ4v) is 4.08. The van der Waals surface area contributed by atoms with E-state index in [0.29, 0.717) is 33.0 Å². The van der Waals surface area contributed by atoms with E-state index in [0.717, 1.165) is 42.2 Å². The van der Waals surface area contributed by atoms with Crippen LogP contribution in [0.15, 0.2) is 91.0 Å². The molecule has 5 heteroatoms. The summed E-state index contributed by atoms with van der Waals surface area (Å²) in [5.41, 5.74) is 3.19. The fraction of sp³-hybridized carbons (Fsp3) is 0.406. The maximum atomic E-state index is 11.7. The predicted octanol–water partition coefficient (Wildman–Crippen LogP) is 6.54. The monoisotopic (exact) mass is 504 g/mol. The molecule has 0 aliphatic carbocycles. The van der Waals surface area contributed by atoms with Crippen molar-refractivity contribution in [3.05, 3.63) is 108 Å². The van der Waals surface area contributed by atoms with Crippen molar-refractivity contribution in [2.75, 3.05) is 13.2 Å². The zero-order valence-electron chi connectivity index (χ0n) is 21.9. The molecule has 0 heterocycles. The van der Waals surface area contributed by atoms with E-state index >= 15 is 0 Å². The van der Waals surface area contributed by atoms with Crippen LogP contribution >= 0.6 is 0 Å². The second-order valence-corrected chi connectivity index (χ2v) is 9.12. The lowest BCUT2D eigenvalue weighted by Gasteiger charge is -2.33. The molecule has 3 aromatic carbocycles. The van der Waals surface area contributed by atoms with Crippen molar-refractivity contribution in [1.29, 1.82) is 0 Å². The van der Waals surface area contributed by atoms with Crippen LogP contribution in [0.2, 0.25) is 0 Å². The third-order valence-electron chi connectivity index (χ3n) is 6.13. The Morgan fingerprint density at radius 2 is 1.19 bits per heavy atom. The minimum absolute atomic E-state index is 0.208. The van der Waals surface area contributed by atoms with Gasteiger partial charge in [-0.1, -0.05) is 111 Å². The third kappa shape index (κ3) is 11.0. The lowest BCUT2D eigenvalue weighted by Crippen LogP contribution is -2.45. The van der Waals surface area contributed by atoms with Crippen molar-refractivity contribution in [1.82, 2.24) is 0 Å². The maximum Gasteiger partial charge on any atom is 0.122 e. The van der Waals surface area contributed by atoms with Gasteiger partial charge in [-0.15, -0.1) is 0 Å². The van der Waals surface area contributed by atoms with Crippen LogP contribution in [0.25, 0.3) is 0 Å². The first-order valence-electron chi connectivity index (χ1n) is 13.3. The standard InChI is InChI=1S/C32H40O5/c1-2-3-13-22-35-31(26-34-23-27-14-7-4-8-15-27)32(37-25-29-18-11-6-12-19-29)30(20-21-33)36-24-28-16-9-5-10-17-28/h4-12,14-19,21,30-32H,2-3,13,20,22-26H2,1H3/t30-,31-,32+/m1/s1. The van der Waals surface area contributed by atoms with E-state index in [1.54, 1.807) is 0 Å². The molecule has 0 N–H and O–H groups in total. The van der Waals surface area contributed by atoms with Crippen LogP contribution in [0.4, 0.5) is 0 Å². The number of carbonyl (C=O) groups excluding carboxylic acids is 1. The Labute approximate surface area is 221 Å². The Bertz CT molecular complexity index is 964. The molecule has 5 nitrogen and oxygen atoms in total. The van der Waals surface area contributed by atoms with Gasteiger partial charge in [0.2, 0.25) is 0 Å². The highest BCUT2D eigenvalue weighted by atomic mass is 16.6. The number of carbonyl (C=O) groups is 1. The third-order valence-corrected chi connectivity index (χ3v) is 6.13.